The Morgan fingerprint density at radius 3 is 2.40 bits per heavy atom. The molecule has 0 bridgehead atoms. The molecule has 0 aromatic heterocycles. The van der Waals surface area contributed by atoms with Gasteiger partial charge >= 0.3 is 0 Å². The SMILES string of the molecule is CCCCC(O)CN1CCN(c2ccc(F)cc2)CC1. The number of β-amino-alcohol motifs (C(OH)–C–C–N with tert-alkyl or cyclic N) is 1. The van der Waals surface area contributed by atoms with Crippen molar-refractivity contribution in [1.82, 2.24) is 4.90 Å². The molecule has 0 radical (unpaired) electrons. The molecule has 0 amide bonds. The fraction of sp³-hybridized carbons (Fsp3) is 0.625. The zero-order valence-electron chi connectivity index (χ0n) is 12.3. The number of halogens is 1. The fourth-order valence-corrected chi connectivity index (χ4v) is 2.67. The Morgan fingerprint density at radius 1 is 1.15 bits per heavy atom. The van der Waals surface area contributed by atoms with Crippen LogP contribution >= 0.6 is 0 Å². The van der Waals surface area contributed by atoms with Gasteiger partial charge in [0.2, 0.25) is 0 Å². The van der Waals surface area contributed by atoms with E-state index in [4.69, 9.17) is 0 Å². The molecule has 0 spiro atoms. The van der Waals surface area contributed by atoms with Gasteiger partial charge in [-0.1, -0.05) is 19.8 Å². The smallest absolute Gasteiger partial charge is 0.123 e. The highest BCUT2D eigenvalue weighted by molar-refractivity contribution is 5.46. The number of nitrogens with zero attached hydrogens (tertiary/aromatic N) is 2. The molecule has 1 fully saturated rings. The molecule has 1 N–H and O–H groups in total. The number of aliphatic hydroxyl groups is 1. The first kappa shape index (κ1) is 15.3. The van der Waals surface area contributed by atoms with Gasteiger partial charge in [-0.25, -0.2) is 4.39 Å². The minimum Gasteiger partial charge on any atom is -0.392 e. The molecular formula is C16H25FN2O. The van der Waals surface area contributed by atoms with Crippen LogP contribution in [0.2, 0.25) is 0 Å². The van der Waals surface area contributed by atoms with Crippen molar-refractivity contribution in [2.75, 3.05) is 37.6 Å². The molecule has 2 rings (SSSR count). The maximum Gasteiger partial charge on any atom is 0.123 e. The molecule has 112 valence electrons. The maximum absolute atomic E-state index is 12.9. The van der Waals surface area contributed by atoms with Crippen LogP contribution in [0.25, 0.3) is 0 Å². The van der Waals surface area contributed by atoms with Crippen LogP contribution in [0.4, 0.5) is 10.1 Å². The molecule has 1 aromatic carbocycles. The second kappa shape index (κ2) is 7.60. The lowest BCUT2D eigenvalue weighted by atomic mass is 10.1. The number of benzene rings is 1. The van der Waals surface area contributed by atoms with Crippen LogP contribution in [0.1, 0.15) is 26.2 Å². The summed E-state index contributed by atoms with van der Waals surface area (Å²) in [6.07, 6.45) is 2.92. The van der Waals surface area contributed by atoms with E-state index in [0.717, 1.165) is 57.7 Å². The molecule has 1 aromatic rings. The number of piperazine rings is 1. The molecule has 3 nitrogen and oxygen atoms in total. The van der Waals surface area contributed by atoms with Crippen molar-refractivity contribution < 1.29 is 9.50 Å². The summed E-state index contributed by atoms with van der Waals surface area (Å²) in [4.78, 5) is 4.59. The number of aliphatic hydroxyl groups excluding tert-OH is 1. The van der Waals surface area contributed by atoms with Gasteiger partial charge in [-0.3, -0.25) is 4.90 Å². The fourth-order valence-electron chi connectivity index (χ4n) is 2.67. The molecular weight excluding hydrogens is 255 g/mol. The van der Waals surface area contributed by atoms with Gasteiger partial charge in [0, 0.05) is 38.4 Å². The van der Waals surface area contributed by atoms with Crippen molar-refractivity contribution in [2.45, 2.75) is 32.3 Å². The quantitative estimate of drug-likeness (QED) is 0.867. The van der Waals surface area contributed by atoms with Gasteiger partial charge in [0.1, 0.15) is 5.82 Å². The molecule has 0 saturated carbocycles. The summed E-state index contributed by atoms with van der Waals surface area (Å²) in [6.45, 7) is 6.71. The zero-order chi connectivity index (χ0) is 14.4. The Kier molecular flexibility index (Phi) is 5.80. The van der Waals surface area contributed by atoms with Gasteiger partial charge in [-0.05, 0) is 30.7 Å². The molecule has 1 unspecified atom stereocenters. The summed E-state index contributed by atoms with van der Waals surface area (Å²) < 4.78 is 12.9. The molecule has 1 saturated heterocycles. The summed E-state index contributed by atoms with van der Waals surface area (Å²) in [6, 6.07) is 6.69. The topological polar surface area (TPSA) is 26.7 Å². The second-order valence-electron chi connectivity index (χ2n) is 5.56. The lowest BCUT2D eigenvalue weighted by molar-refractivity contribution is 0.100. The van der Waals surface area contributed by atoms with Crippen molar-refractivity contribution in [2.24, 2.45) is 0 Å². The van der Waals surface area contributed by atoms with E-state index in [1.165, 1.54) is 12.1 Å². The number of rotatable bonds is 6. The van der Waals surface area contributed by atoms with Gasteiger partial charge < -0.3 is 10.0 Å². The van der Waals surface area contributed by atoms with E-state index in [-0.39, 0.29) is 11.9 Å². The Balaban J connectivity index is 1.76. The molecule has 1 atom stereocenters. The average molecular weight is 280 g/mol. The van der Waals surface area contributed by atoms with Gasteiger partial charge in [0.05, 0.1) is 6.10 Å². The molecule has 0 aliphatic carbocycles. The zero-order valence-corrected chi connectivity index (χ0v) is 12.3. The lowest BCUT2D eigenvalue weighted by Gasteiger charge is -2.37. The first-order chi connectivity index (χ1) is 9.69. The van der Waals surface area contributed by atoms with E-state index in [2.05, 4.69) is 16.7 Å². The minimum atomic E-state index is -0.202. The predicted octanol–water partition coefficient (Wildman–Crippen LogP) is 2.50. The van der Waals surface area contributed by atoms with E-state index in [9.17, 15) is 9.50 Å². The van der Waals surface area contributed by atoms with Gasteiger partial charge in [0.15, 0.2) is 0 Å². The van der Waals surface area contributed by atoms with Crippen LogP contribution in [0, 0.1) is 5.82 Å². The van der Waals surface area contributed by atoms with Crippen molar-refractivity contribution in [3.05, 3.63) is 30.1 Å². The number of anilines is 1. The summed E-state index contributed by atoms with van der Waals surface area (Å²) in [5.41, 5.74) is 1.08. The van der Waals surface area contributed by atoms with E-state index in [0.29, 0.717) is 0 Å². The third-order valence-corrected chi connectivity index (χ3v) is 3.92. The van der Waals surface area contributed by atoms with E-state index in [1.54, 1.807) is 0 Å². The highest BCUT2D eigenvalue weighted by Crippen LogP contribution is 2.17. The highest BCUT2D eigenvalue weighted by Gasteiger charge is 2.19. The third kappa shape index (κ3) is 4.46. The van der Waals surface area contributed by atoms with Gasteiger partial charge in [0.25, 0.3) is 0 Å². The summed E-state index contributed by atoms with van der Waals surface area (Å²) in [7, 11) is 0. The minimum absolute atomic E-state index is 0.188. The number of unbranched alkanes of at least 4 members (excludes halogenated alkanes) is 1. The van der Waals surface area contributed by atoms with E-state index in [1.807, 2.05) is 12.1 Å². The van der Waals surface area contributed by atoms with E-state index < -0.39 is 0 Å². The van der Waals surface area contributed by atoms with Crippen LogP contribution in [-0.2, 0) is 0 Å². The molecule has 1 heterocycles. The van der Waals surface area contributed by atoms with Crippen LogP contribution in [0.15, 0.2) is 24.3 Å². The largest absolute Gasteiger partial charge is 0.392 e. The first-order valence-electron chi connectivity index (χ1n) is 7.60. The van der Waals surface area contributed by atoms with Gasteiger partial charge in [-0.15, -0.1) is 0 Å². The van der Waals surface area contributed by atoms with Crippen molar-refractivity contribution in [3.63, 3.8) is 0 Å². The van der Waals surface area contributed by atoms with Crippen LogP contribution in [-0.4, -0.2) is 48.8 Å². The second-order valence-corrected chi connectivity index (χ2v) is 5.56. The Bertz CT molecular complexity index is 388. The van der Waals surface area contributed by atoms with Crippen LogP contribution < -0.4 is 4.90 Å². The van der Waals surface area contributed by atoms with Crippen molar-refractivity contribution in [1.29, 1.82) is 0 Å². The standard InChI is InChI=1S/C16H25FN2O/c1-2-3-4-16(20)13-18-9-11-19(12-10-18)15-7-5-14(17)6-8-15/h5-8,16,20H,2-4,9-13H2,1H3. The Labute approximate surface area is 121 Å². The Hall–Kier alpha value is -1.13. The van der Waals surface area contributed by atoms with E-state index >= 15 is 0 Å². The normalized spacial score (nSPS) is 18.2. The number of hydrogen-bond acceptors (Lipinski definition) is 3. The Morgan fingerprint density at radius 2 is 1.80 bits per heavy atom. The van der Waals surface area contributed by atoms with Crippen molar-refractivity contribution in [3.8, 4) is 0 Å². The molecule has 1 aliphatic rings. The average Bonchev–Trinajstić information content (AvgIpc) is 2.47. The number of hydrogen-bond donors (Lipinski definition) is 1. The molecule has 4 heteroatoms. The van der Waals surface area contributed by atoms with Crippen LogP contribution in [0.5, 0.6) is 0 Å². The molecule has 1 aliphatic heterocycles. The summed E-state index contributed by atoms with van der Waals surface area (Å²) in [5, 5.41) is 9.95. The first-order valence-corrected chi connectivity index (χ1v) is 7.60. The van der Waals surface area contributed by atoms with Crippen LogP contribution in [0.3, 0.4) is 0 Å². The lowest BCUT2D eigenvalue weighted by Crippen LogP contribution is -2.48. The molecule has 20 heavy (non-hydrogen) atoms. The summed E-state index contributed by atoms with van der Waals surface area (Å²) >= 11 is 0. The van der Waals surface area contributed by atoms with Crippen molar-refractivity contribution >= 4 is 5.69 Å². The van der Waals surface area contributed by atoms with Gasteiger partial charge in [-0.2, -0.15) is 0 Å². The highest BCUT2D eigenvalue weighted by atomic mass is 19.1. The monoisotopic (exact) mass is 280 g/mol. The summed E-state index contributed by atoms with van der Waals surface area (Å²) in [5.74, 6) is -0.188. The predicted molar refractivity (Wildman–Crippen MR) is 80.6 cm³/mol. The maximum atomic E-state index is 12.9. The third-order valence-electron chi connectivity index (χ3n) is 3.92.